The van der Waals surface area contributed by atoms with Gasteiger partial charge >= 0.3 is 0 Å². The fraction of sp³-hybridized carbons (Fsp3) is 0.195. The van der Waals surface area contributed by atoms with Gasteiger partial charge in [0.25, 0.3) is 0 Å². The standard InChI is InChI=1S/C41H35N5/c1-40(2,3)28-17-27(18-29(19-28)41(4,5)6)35-23-38-39(26-9-7-25(24-42)8-10-26)36-16-15-33(45-36)21-32-12-11-30(43-32)20-31-13-14-34(44-31)22-37(35)46-38/h7-23H,1-6H3. The molecule has 0 spiro atoms. The van der Waals surface area contributed by atoms with Crippen LogP contribution in [0.5, 0.6) is 0 Å². The second-order valence-corrected chi connectivity index (χ2v) is 14.1. The van der Waals surface area contributed by atoms with Crippen molar-refractivity contribution in [3.05, 3.63) is 154 Å². The van der Waals surface area contributed by atoms with E-state index >= 15 is 0 Å². The van der Waals surface area contributed by atoms with Crippen LogP contribution in [0.4, 0.5) is 0 Å². The average molecular weight is 598 g/mol. The van der Waals surface area contributed by atoms with Crippen molar-refractivity contribution < 1.29 is 0 Å². The quantitative estimate of drug-likeness (QED) is 0.340. The predicted molar refractivity (Wildman–Crippen MR) is 191 cm³/mol. The van der Waals surface area contributed by atoms with Crippen molar-refractivity contribution in [3.63, 3.8) is 0 Å². The molecule has 0 radical (unpaired) electrons. The van der Waals surface area contributed by atoms with Gasteiger partial charge in [0.15, 0.2) is 0 Å². The van der Waals surface area contributed by atoms with Crippen molar-refractivity contribution in [2.45, 2.75) is 52.4 Å². The smallest absolute Gasteiger partial charge is 0.0991 e. The van der Waals surface area contributed by atoms with Crippen molar-refractivity contribution in [1.29, 1.82) is 5.26 Å². The molecule has 5 heterocycles. The molecular weight excluding hydrogens is 562 g/mol. The molecule has 0 saturated carbocycles. The van der Waals surface area contributed by atoms with Gasteiger partial charge in [-0.05, 0) is 106 Å². The first-order valence-electron chi connectivity index (χ1n) is 15.6. The largest absolute Gasteiger partial charge is 0.249 e. The maximum atomic E-state index is 9.49. The van der Waals surface area contributed by atoms with Crippen LogP contribution in [0.15, 0.2) is 146 Å². The Bertz CT molecular complexity index is 2090. The minimum atomic E-state index is -0.0343. The molecule has 2 aromatic rings. The molecule has 2 aromatic carbocycles. The maximum Gasteiger partial charge on any atom is 0.0991 e. The van der Waals surface area contributed by atoms with Crippen LogP contribution in [-0.2, 0) is 10.8 Å². The van der Waals surface area contributed by atoms with Crippen molar-refractivity contribution in [2.75, 3.05) is 0 Å². The SMILES string of the molecule is CC(C)(C)c1cc(C2=CC3=C(c4ccc(C#N)cc4)C4=NC(=CC5=NC(=CC6=NC(=CC2=N3)C=C6)C=C5)C=C4)cc(C(C)(C)C)c1. The molecule has 7 rings (SSSR count). The fourth-order valence-corrected chi connectivity index (χ4v) is 5.84. The van der Waals surface area contributed by atoms with Gasteiger partial charge in [-0.3, -0.25) is 0 Å². The normalized spacial score (nSPS) is 18.5. The Kier molecular flexibility index (Phi) is 6.90. The van der Waals surface area contributed by atoms with Crippen molar-refractivity contribution in [3.8, 4) is 6.07 Å². The number of nitriles is 1. The monoisotopic (exact) mass is 597 g/mol. The Labute approximate surface area is 270 Å². The predicted octanol–water partition coefficient (Wildman–Crippen LogP) is 9.10. The highest BCUT2D eigenvalue weighted by atomic mass is 14.8. The number of hydrogen-bond donors (Lipinski definition) is 0. The first-order valence-corrected chi connectivity index (χ1v) is 15.6. The number of rotatable bonds is 2. The topological polar surface area (TPSA) is 73.2 Å². The lowest BCUT2D eigenvalue weighted by atomic mass is 9.78. The molecule has 5 aliphatic heterocycles. The van der Waals surface area contributed by atoms with Gasteiger partial charge in [-0.2, -0.15) is 5.26 Å². The van der Waals surface area contributed by atoms with E-state index in [4.69, 9.17) is 20.0 Å². The van der Waals surface area contributed by atoms with E-state index in [-0.39, 0.29) is 10.8 Å². The summed E-state index contributed by atoms with van der Waals surface area (Å²) in [5.41, 5.74) is 13.7. The third-order valence-corrected chi connectivity index (χ3v) is 8.49. The van der Waals surface area contributed by atoms with E-state index in [9.17, 15) is 5.26 Å². The van der Waals surface area contributed by atoms with Gasteiger partial charge in [-0.1, -0.05) is 71.9 Å². The van der Waals surface area contributed by atoms with Crippen molar-refractivity contribution >= 4 is 34.0 Å². The van der Waals surface area contributed by atoms with E-state index in [0.717, 1.165) is 67.9 Å². The molecular formula is C41H35N5. The van der Waals surface area contributed by atoms with Crippen LogP contribution in [0.25, 0.3) is 11.1 Å². The molecule has 0 unspecified atom stereocenters. The van der Waals surface area contributed by atoms with E-state index in [2.05, 4.69) is 78.0 Å². The number of hydrogen-bond acceptors (Lipinski definition) is 5. The van der Waals surface area contributed by atoms with Crippen LogP contribution in [0.2, 0.25) is 0 Å². The Morgan fingerprint density at radius 3 is 1.70 bits per heavy atom. The lowest BCUT2D eigenvalue weighted by Gasteiger charge is -2.26. The lowest BCUT2D eigenvalue weighted by Crippen LogP contribution is -2.17. The van der Waals surface area contributed by atoms with Gasteiger partial charge in [0.1, 0.15) is 0 Å². The van der Waals surface area contributed by atoms with Gasteiger partial charge in [-0.15, -0.1) is 0 Å². The first kappa shape index (κ1) is 29.3. The first-order chi connectivity index (χ1) is 21.9. The van der Waals surface area contributed by atoms with E-state index in [1.54, 1.807) is 0 Å². The molecule has 0 saturated heterocycles. The molecule has 0 N–H and O–H groups in total. The molecule has 0 atom stereocenters. The number of benzene rings is 2. The van der Waals surface area contributed by atoms with Gasteiger partial charge in [0.05, 0.1) is 57.3 Å². The van der Waals surface area contributed by atoms with Gasteiger partial charge in [0.2, 0.25) is 0 Å². The molecule has 0 aliphatic carbocycles. The Morgan fingerprint density at radius 2 is 1.11 bits per heavy atom. The van der Waals surface area contributed by atoms with E-state index in [1.807, 2.05) is 72.9 Å². The Hall–Kier alpha value is -5.47. The highest BCUT2D eigenvalue weighted by Crippen LogP contribution is 2.38. The summed E-state index contributed by atoms with van der Waals surface area (Å²) >= 11 is 0. The third kappa shape index (κ3) is 5.71. The number of allylic oxidation sites excluding steroid dienone is 12. The van der Waals surface area contributed by atoms with Crippen LogP contribution in [-0.4, -0.2) is 22.8 Å². The molecule has 224 valence electrons. The summed E-state index contributed by atoms with van der Waals surface area (Å²) in [7, 11) is 0. The minimum absolute atomic E-state index is 0.0343. The number of fused-ring (bicyclic) bond motifs is 4. The Balaban J connectivity index is 1.51. The van der Waals surface area contributed by atoms with E-state index in [1.165, 1.54) is 11.1 Å². The van der Waals surface area contributed by atoms with E-state index < -0.39 is 0 Å². The average Bonchev–Trinajstić information content (AvgIpc) is 3.82. The van der Waals surface area contributed by atoms with Gasteiger partial charge in [0, 0.05) is 11.1 Å². The summed E-state index contributed by atoms with van der Waals surface area (Å²) in [6.07, 6.45) is 20.3. The summed E-state index contributed by atoms with van der Waals surface area (Å²) in [5.74, 6) is 0. The maximum absolute atomic E-state index is 9.49. The third-order valence-electron chi connectivity index (χ3n) is 8.49. The fourth-order valence-electron chi connectivity index (χ4n) is 5.84. The zero-order valence-electron chi connectivity index (χ0n) is 27.1. The summed E-state index contributed by atoms with van der Waals surface area (Å²) in [5, 5.41) is 9.49. The molecule has 8 bridgehead atoms. The van der Waals surface area contributed by atoms with Gasteiger partial charge in [-0.25, -0.2) is 20.0 Å². The second kappa shape index (κ2) is 10.9. The second-order valence-electron chi connectivity index (χ2n) is 14.1. The highest BCUT2D eigenvalue weighted by molar-refractivity contribution is 6.37. The van der Waals surface area contributed by atoms with Crippen LogP contribution in [0.1, 0.15) is 69.4 Å². The molecule has 0 amide bonds. The molecule has 0 aromatic heterocycles. The zero-order chi connectivity index (χ0) is 32.2. The Morgan fingerprint density at radius 1 is 0.543 bits per heavy atom. The lowest BCUT2D eigenvalue weighted by molar-refractivity contribution is 0.568. The number of nitrogens with zero attached hydrogens (tertiary/aromatic N) is 5. The molecule has 5 nitrogen and oxygen atoms in total. The number of aliphatic imine (C=N–C) groups is 4. The van der Waals surface area contributed by atoms with Crippen molar-refractivity contribution in [1.82, 2.24) is 0 Å². The summed E-state index contributed by atoms with van der Waals surface area (Å²) in [4.78, 5) is 20.0. The van der Waals surface area contributed by atoms with Crippen LogP contribution < -0.4 is 0 Å². The van der Waals surface area contributed by atoms with Crippen molar-refractivity contribution in [2.24, 2.45) is 20.0 Å². The summed E-state index contributed by atoms with van der Waals surface area (Å²) < 4.78 is 0. The summed E-state index contributed by atoms with van der Waals surface area (Å²) in [6, 6.07) is 16.8. The van der Waals surface area contributed by atoms with Crippen LogP contribution in [0, 0.1) is 11.3 Å². The highest BCUT2D eigenvalue weighted by Gasteiger charge is 2.27. The minimum Gasteiger partial charge on any atom is -0.249 e. The molecule has 0 fully saturated rings. The van der Waals surface area contributed by atoms with Gasteiger partial charge < -0.3 is 0 Å². The summed E-state index contributed by atoms with van der Waals surface area (Å²) in [6.45, 7) is 13.6. The van der Waals surface area contributed by atoms with E-state index in [0.29, 0.717) is 5.56 Å². The van der Waals surface area contributed by atoms with Crippen LogP contribution >= 0.6 is 0 Å². The zero-order valence-corrected chi connectivity index (χ0v) is 27.1. The molecule has 46 heavy (non-hydrogen) atoms. The molecule has 5 heteroatoms. The molecule has 5 aliphatic rings. The van der Waals surface area contributed by atoms with Crippen LogP contribution in [0.3, 0.4) is 0 Å².